The van der Waals surface area contributed by atoms with E-state index in [-0.39, 0.29) is 18.1 Å². The van der Waals surface area contributed by atoms with Crippen LogP contribution in [0.25, 0.3) is 0 Å². The summed E-state index contributed by atoms with van der Waals surface area (Å²) in [7, 11) is 0. The Labute approximate surface area is 118 Å². The van der Waals surface area contributed by atoms with E-state index in [1.165, 1.54) is 5.56 Å². The van der Waals surface area contributed by atoms with Gasteiger partial charge in [-0.1, -0.05) is 0 Å². The maximum absolute atomic E-state index is 12.5. The molecule has 0 bridgehead atoms. The number of aromatic amines is 1. The number of likely N-dealkylation sites (tertiary alicyclic amines) is 1. The van der Waals surface area contributed by atoms with Crippen molar-refractivity contribution in [3.8, 4) is 0 Å². The van der Waals surface area contributed by atoms with Crippen LogP contribution in [-0.2, 0) is 9.53 Å². The van der Waals surface area contributed by atoms with E-state index in [0.29, 0.717) is 12.5 Å². The van der Waals surface area contributed by atoms with E-state index in [4.69, 9.17) is 4.74 Å². The number of hydrogen-bond acceptors (Lipinski definition) is 4. The average molecular weight is 278 g/mol. The molecule has 0 aliphatic carbocycles. The summed E-state index contributed by atoms with van der Waals surface area (Å²) in [5, 5.41) is 10.1. The van der Waals surface area contributed by atoms with Crippen LogP contribution >= 0.6 is 0 Å². The molecule has 2 atom stereocenters. The Morgan fingerprint density at radius 1 is 1.45 bits per heavy atom. The van der Waals surface area contributed by atoms with E-state index in [2.05, 4.69) is 15.5 Å². The minimum absolute atomic E-state index is 0.0390. The highest BCUT2D eigenvalue weighted by Gasteiger charge is 2.33. The molecule has 1 aromatic rings. The van der Waals surface area contributed by atoms with Crippen molar-refractivity contribution in [2.45, 2.75) is 37.8 Å². The molecule has 3 rings (SSSR count). The van der Waals surface area contributed by atoms with Gasteiger partial charge >= 0.3 is 0 Å². The van der Waals surface area contributed by atoms with Crippen LogP contribution in [0.3, 0.4) is 0 Å². The second kappa shape index (κ2) is 5.93. The lowest BCUT2D eigenvalue weighted by Crippen LogP contribution is -2.57. The van der Waals surface area contributed by atoms with Gasteiger partial charge in [-0.3, -0.25) is 9.89 Å². The Hall–Kier alpha value is -1.40. The Kier molecular flexibility index (Phi) is 4.03. The number of nitrogens with zero attached hydrogens (tertiary/aromatic N) is 2. The van der Waals surface area contributed by atoms with Gasteiger partial charge in [-0.15, -0.1) is 0 Å². The van der Waals surface area contributed by atoms with Crippen molar-refractivity contribution in [3.05, 3.63) is 18.0 Å². The number of carbonyl (C=O) groups excluding carboxylic acids is 1. The first-order valence-electron chi connectivity index (χ1n) is 7.38. The number of aromatic nitrogens is 2. The Morgan fingerprint density at radius 3 is 2.90 bits per heavy atom. The number of morpholine rings is 1. The van der Waals surface area contributed by atoms with E-state index in [1.54, 1.807) is 0 Å². The number of piperidine rings is 1. The van der Waals surface area contributed by atoms with Gasteiger partial charge in [0.2, 0.25) is 5.91 Å². The second-order valence-electron chi connectivity index (χ2n) is 5.64. The topological polar surface area (TPSA) is 70.2 Å². The Balaban J connectivity index is 1.56. The van der Waals surface area contributed by atoms with Crippen molar-refractivity contribution in [1.82, 2.24) is 20.4 Å². The van der Waals surface area contributed by atoms with E-state index >= 15 is 0 Å². The van der Waals surface area contributed by atoms with E-state index in [9.17, 15) is 4.79 Å². The van der Waals surface area contributed by atoms with E-state index in [1.807, 2.05) is 24.2 Å². The molecule has 20 heavy (non-hydrogen) atoms. The molecule has 0 saturated carbocycles. The summed E-state index contributed by atoms with van der Waals surface area (Å²) in [4.78, 5) is 14.5. The molecule has 6 nitrogen and oxygen atoms in total. The zero-order valence-electron chi connectivity index (χ0n) is 11.8. The summed E-state index contributed by atoms with van der Waals surface area (Å²) >= 11 is 0. The normalized spacial score (nSPS) is 28.6. The average Bonchev–Trinajstić information content (AvgIpc) is 3.01. The van der Waals surface area contributed by atoms with Gasteiger partial charge in [-0.2, -0.15) is 5.10 Å². The number of ether oxygens (including phenoxy) is 1. The molecule has 3 heterocycles. The third kappa shape index (κ3) is 2.71. The molecule has 2 fully saturated rings. The van der Waals surface area contributed by atoms with Crippen LogP contribution in [0.1, 0.15) is 31.2 Å². The van der Waals surface area contributed by atoms with Crippen molar-refractivity contribution in [2.24, 2.45) is 0 Å². The van der Waals surface area contributed by atoms with Gasteiger partial charge in [0.15, 0.2) is 0 Å². The highest BCUT2D eigenvalue weighted by Crippen LogP contribution is 2.27. The molecule has 110 valence electrons. The molecule has 1 amide bonds. The summed E-state index contributed by atoms with van der Waals surface area (Å²) in [6.45, 7) is 5.05. The smallest absolute Gasteiger partial charge is 0.242 e. The lowest BCUT2D eigenvalue weighted by molar-refractivity contribution is -0.140. The number of carbonyl (C=O) groups is 1. The number of rotatable bonds is 2. The number of amides is 1. The largest absolute Gasteiger partial charge is 0.375 e. The molecule has 0 aromatic carbocycles. The number of H-pyrrole nitrogens is 1. The molecule has 0 unspecified atom stereocenters. The van der Waals surface area contributed by atoms with Gasteiger partial charge in [-0.05, 0) is 31.2 Å². The predicted octanol–water partition coefficient (Wildman–Crippen LogP) is 0.493. The molecule has 2 aliphatic rings. The van der Waals surface area contributed by atoms with E-state index in [0.717, 1.165) is 32.5 Å². The highest BCUT2D eigenvalue weighted by atomic mass is 16.5. The van der Waals surface area contributed by atoms with Crippen molar-refractivity contribution >= 4 is 5.91 Å². The maximum atomic E-state index is 12.5. The first-order valence-corrected chi connectivity index (χ1v) is 7.38. The van der Waals surface area contributed by atoms with Crippen molar-refractivity contribution < 1.29 is 9.53 Å². The fraction of sp³-hybridized carbons (Fsp3) is 0.714. The van der Waals surface area contributed by atoms with Crippen LogP contribution < -0.4 is 5.32 Å². The molecule has 6 heteroatoms. The third-order valence-corrected chi connectivity index (χ3v) is 4.38. The van der Waals surface area contributed by atoms with Crippen LogP contribution in [0, 0.1) is 0 Å². The first kappa shape index (κ1) is 13.6. The van der Waals surface area contributed by atoms with Crippen LogP contribution in [0.15, 0.2) is 12.4 Å². The quantitative estimate of drug-likeness (QED) is 0.826. The lowest BCUT2D eigenvalue weighted by atomic mass is 9.91. The summed E-state index contributed by atoms with van der Waals surface area (Å²) < 4.78 is 5.56. The maximum Gasteiger partial charge on any atom is 0.242 e. The molecular weight excluding hydrogens is 256 g/mol. The van der Waals surface area contributed by atoms with Crippen LogP contribution in [0.4, 0.5) is 0 Å². The van der Waals surface area contributed by atoms with Gasteiger partial charge in [0.05, 0.1) is 18.9 Å². The van der Waals surface area contributed by atoms with E-state index < -0.39 is 0 Å². The first-order chi connectivity index (χ1) is 9.75. The van der Waals surface area contributed by atoms with Gasteiger partial charge < -0.3 is 15.0 Å². The zero-order chi connectivity index (χ0) is 13.9. The predicted molar refractivity (Wildman–Crippen MR) is 74.3 cm³/mol. The SMILES string of the molecule is C[C@H]1OCCN[C@@H]1C(=O)N1CCC(c2cn[nH]c2)CC1. The van der Waals surface area contributed by atoms with Crippen molar-refractivity contribution in [1.29, 1.82) is 0 Å². The van der Waals surface area contributed by atoms with Crippen LogP contribution in [-0.4, -0.2) is 59.4 Å². The van der Waals surface area contributed by atoms with Crippen molar-refractivity contribution in [3.63, 3.8) is 0 Å². The monoisotopic (exact) mass is 278 g/mol. The second-order valence-corrected chi connectivity index (χ2v) is 5.64. The molecule has 1 aromatic heterocycles. The Morgan fingerprint density at radius 2 is 2.25 bits per heavy atom. The van der Waals surface area contributed by atoms with Gasteiger partial charge in [0.25, 0.3) is 0 Å². The fourth-order valence-electron chi connectivity index (χ4n) is 3.12. The summed E-state index contributed by atoms with van der Waals surface area (Å²) in [5.41, 5.74) is 1.25. The summed E-state index contributed by atoms with van der Waals surface area (Å²) in [5.74, 6) is 0.702. The molecule has 2 N–H and O–H groups in total. The zero-order valence-corrected chi connectivity index (χ0v) is 11.8. The molecule has 0 radical (unpaired) electrons. The minimum Gasteiger partial charge on any atom is -0.375 e. The Bertz CT molecular complexity index is 440. The van der Waals surface area contributed by atoms with Crippen molar-refractivity contribution in [2.75, 3.05) is 26.2 Å². The molecular formula is C14H22N4O2. The van der Waals surface area contributed by atoms with Gasteiger partial charge in [0, 0.05) is 25.8 Å². The minimum atomic E-state index is -0.186. The lowest BCUT2D eigenvalue weighted by Gasteiger charge is -2.37. The summed E-state index contributed by atoms with van der Waals surface area (Å²) in [6, 6.07) is -0.186. The van der Waals surface area contributed by atoms with Gasteiger partial charge in [0.1, 0.15) is 6.04 Å². The molecule has 2 aliphatic heterocycles. The standard InChI is InChI=1S/C14H22N4O2/c1-10-13(15-4-7-20-10)14(19)18-5-2-11(3-6-18)12-8-16-17-9-12/h8-11,13,15H,2-7H2,1H3,(H,16,17)/t10-,13+/m1/s1. The highest BCUT2D eigenvalue weighted by molar-refractivity contribution is 5.82. The fourth-order valence-corrected chi connectivity index (χ4v) is 3.12. The number of hydrogen-bond donors (Lipinski definition) is 2. The molecule has 0 spiro atoms. The van der Waals surface area contributed by atoms with Gasteiger partial charge in [-0.25, -0.2) is 0 Å². The third-order valence-electron chi connectivity index (χ3n) is 4.38. The summed E-state index contributed by atoms with van der Waals surface area (Å²) in [6.07, 6.45) is 5.82. The van der Waals surface area contributed by atoms with Crippen LogP contribution in [0.2, 0.25) is 0 Å². The molecule has 2 saturated heterocycles. The van der Waals surface area contributed by atoms with Crippen LogP contribution in [0.5, 0.6) is 0 Å². The number of nitrogens with one attached hydrogen (secondary N) is 2.